The van der Waals surface area contributed by atoms with Gasteiger partial charge in [0, 0.05) is 29.2 Å². The highest BCUT2D eigenvalue weighted by atomic mass is 32.2. The van der Waals surface area contributed by atoms with Gasteiger partial charge in [-0.05, 0) is 23.8 Å². The lowest BCUT2D eigenvalue weighted by Crippen LogP contribution is -2.23. The van der Waals surface area contributed by atoms with Crippen LogP contribution in [0.15, 0.2) is 18.2 Å². The maximum absolute atomic E-state index is 11.9. The van der Waals surface area contributed by atoms with Crippen LogP contribution in [0.2, 0.25) is 0 Å². The molecule has 2 aliphatic heterocycles. The summed E-state index contributed by atoms with van der Waals surface area (Å²) in [6.45, 7) is 1.02. The van der Waals surface area contributed by atoms with E-state index in [-0.39, 0.29) is 11.9 Å². The molecular formula is C13H13NO3S. The number of carbonyl (C=O) groups excluding carboxylic acids is 2. The highest BCUT2D eigenvalue weighted by molar-refractivity contribution is 7.98. The summed E-state index contributed by atoms with van der Waals surface area (Å²) in [7, 11) is 0. The van der Waals surface area contributed by atoms with Crippen molar-refractivity contribution in [1.82, 2.24) is 0 Å². The Kier molecular flexibility index (Phi) is 2.99. The van der Waals surface area contributed by atoms with Gasteiger partial charge in [-0.25, -0.2) is 4.79 Å². The number of nitrogens with zero attached hydrogens (tertiary/aromatic N) is 1. The van der Waals surface area contributed by atoms with Gasteiger partial charge in [0.2, 0.25) is 0 Å². The van der Waals surface area contributed by atoms with E-state index < -0.39 is 0 Å². The number of ether oxygens (including phenoxy) is 1. The van der Waals surface area contributed by atoms with Crippen molar-refractivity contribution in [3.05, 3.63) is 29.3 Å². The molecular weight excluding hydrogens is 250 g/mol. The Balaban J connectivity index is 1.97. The SMILES string of the molecule is O=C1CCSCc2cc(N3CCOC3=O)ccc21. The lowest BCUT2D eigenvalue weighted by molar-refractivity contribution is 0.0989. The molecule has 2 aliphatic rings. The van der Waals surface area contributed by atoms with Crippen molar-refractivity contribution in [2.45, 2.75) is 12.2 Å². The highest BCUT2D eigenvalue weighted by Crippen LogP contribution is 2.28. The Morgan fingerprint density at radius 2 is 2.17 bits per heavy atom. The van der Waals surface area contributed by atoms with E-state index in [1.807, 2.05) is 18.2 Å². The summed E-state index contributed by atoms with van der Waals surface area (Å²) < 4.78 is 4.92. The van der Waals surface area contributed by atoms with E-state index in [1.54, 1.807) is 16.7 Å². The van der Waals surface area contributed by atoms with E-state index >= 15 is 0 Å². The molecule has 0 N–H and O–H groups in total. The molecule has 2 heterocycles. The molecule has 0 aromatic heterocycles. The number of ketones is 1. The fourth-order valence-electron chi connectivity index (χ4n) is 2.25. The normalized spacial score (nSPS) is 19.4. The first-order valence-corrected chi connectivity index (χ1v) is 7.09. The molecule has 1 fully saturated rings. The van der Waals surface area contributed by atoms with Gasteiger partial charge in [-0.2, -0.15) is 11.8 Å². The molecule has 0 unspecified atom stereocenters. The second-order valence-corrected chi connectivity index (χ2v) is 5.44. The number of cyclic esters (lactones) is 1. The van der Waals surface area contributed by atoms with Crippen molar-refractivity contribution < 1.29 is 14.3 Å². The van der Waals surface area contributed by atoms with Crippen LogP contribution >= 0.6 is 11.8 Å². The number of hydrogen-bond donors (Lipinski definition) is 0. The molecule has 5 heteroatoms. The standard InChI is InChI=1S/C13H13NO3S/c15-12-3-6-18-8-9-7-10(1-2-11(9)12)14-4-5-17-13(14)16/h1-2,7H,3-6,8H2. The van der Waals surface area contributed by atoms with E-state index in [0.717, 1.165) is 28.3 Å². The third-order valence-electron chi connectivity index (χ3n) is 3.19. The number of anilines is 1. The number of fused-ring (bicyclic) bond motifs is 1. The van der Waals surface area contributed by atoms with Crippen molar-refractivity contribution in [1.29, 1.82) is 0 Å². The van der Waals surface area contributed by atoms with Gasteiger partial charge in [-0.15, -0.1) is 0 Å². The molecule has 1 aromatic carbocycles. The molecule has 0 bridgehead atoms. The lowest BCUT2D eigenvalue weighted by Gasteiger charge is -2.15. The largest absolute Gasteiger partial charge is 0.447 e. The number of Topliss-reactive ketones (excluding diaryl/α,β-unsaturated/α-hetero) is 1. The van der Waals surface area contributed by atoms with Crippen LogP contribution in [0, 0.1) is 0 Å². The van der Waals surface area contributed by atoms with Gasteiger partial charge in [-0.3, -0.25) is 9.69 Å². The molecule has 0 radical (unpaired) electrons. The van der Waals surface area contributed by atoms with Crippen LogP contribution in [0.1, 0.15) is 22.3 Å². The average molecular weight is 263 g/mol. The van der Waals surface area contributed by atoms with Gasteiger partial charge in [0.05, 0.1) is 6.54 Å². The van der Waals surface area contributed by atoms with Gasteiger partial charge >= 0.3 is 6.09 Å². The van der Waals surface area contributed by atoms with Crippen molar-refractivity contribution in [3.63, 3.8) is 0 Å². The molecule has 0 spiro atoms. The molecule has 0 saturated carbocycles. The zero-order valence-electron chi connectivity index (χ0n) is 9.85. The van der Waals surface area contributed by atoms with Crippen LogP contribution in [-0.4, -0.2) is 30.8 Å². The number of rotatable bonds is 1. The Morgan fingerprint density at radius 3 is 2.94 bits per heavy atom. The summed E-state index contributed by atoms with van der Waals surface area (Å²) in [5, 5.41) is 0. The monoisotopic (exact) mass is 263 g/mol. The third kappa shape index (κ3) is 1.99. The van der Waals surface area contributed by atoms with Gasteiger partial charge in [-0.1, -0.05) is 0 Å². The van der Waals surface area contributed by atoms with Crippen LogP contribution in [0.3, 0.4) is 0 Å². The predicted molar refractivity (Wildman–Crippen MR) is 70.2 cm³/mol. The van der Waals surface area contributed by atoms with Crippen molar-refractivity contribution >= 4 is 29.3 Å². The van der Waals surface area contributed by atoms with Gasteiger partial charge < -0.3 is 4.74 Å². The Hall–Kier alpha value is -1.49. The predicted octanol–water partition coefficient (Wildman–Crippen LogP) is 2.46. The van der Waals surface area contributed by atoms with Crippen LogP contribution in [0.5, 0.6) is 0 Å². The summed E-state index contributed by atoms with van der Waals surface area (Å²) >= 11 is 1.76. The molecule has 4 nitrogen and oxygen atoms in total. The molecule has 1 aromatic rings. The fourth-order valence-corrected chi connectivity index (χ4v) is 3.18. The maximum atomic E-state index is 11.9. The summed E-state index contributed by atoms with van der Waals surface area (Å²) in [6, 6.07) is 5.61. The van der Waals surface area contributed by atoms with E-state index in [0.29, 0.717) is 19.6 Å². The highest BCUT2D eigenvalue weighted by Gasteiger charge is 2.25. The average Bonchev–Trinajstić information content (AvgIpc) is 2.71. The summed E-state index contributed by atoms with van der Waals surface area (Å²) in [4.78, 5) is 25.0. The smallest absolute Gasteiger partial charge is 0.414 e. The van der Waals surface area contributed by atoms with Gasteiger partial charge in [0.25, 0.3) is 0 Å². The van der Waals surface area contributed by atoms with Crippen LogP contribution in [0.25, 0.3) is 0 Å². The van der Waals surface area contributed by atoms with Crippen LogP contribution < -0.4 is 4.90 Å². The minimum absolute atomic E-state index is 0.200. The topological polar surface area (TPSA) is 46.6 Å². The molecule has 18 heavy (non-hydrogen) atoms. The maximum Gasteiger partial charge on any atom is 0.414 e. The Labute approximate surface area is 109 Å². The molecule has 1 amide bonds. The molecule has 3 rings (SSSR count). The van der Waals surface area contributed by atoms with Crippen molar-refractivity contribution in [3.8, 4) is 0 Å². The number of hydrogen-bond acceptors (Lipinski definition) is 4. The quantitative estimate of drug-likeness (QED) is 0.781. The second-order valence-electron chi connectivity index (χ2n) is 4.33. The van der Waals surface area contributed by atoms with Gasteiger partial charge in [0.1, 0.15) is 6.61 Å². The van der Waals surface area contributed by atoms with E-state index in [4.69, 9.17) is 4.74 Å². The van der Waals surface area contributed by atoms with E-state index in [9.17, 15) is 9.59 Å². The van der Waals surface area contributed by atoms with Crippen LogP contribution in [-0.2, 0) is 10.5 Å². The third-order valence-corrected chi connectivity index (χ3v) is 4.20. The van der Waals surface area contributed by atoms with Crippen molar-refractivity contribution in [2.24, 2.45) is 0 Å². The molecule has 0 aliphatic carbocycles. The minimum atomic E-state index is -0.303. The number of amides is 1. The minimum Gasteiger partial charge on any atom is -0.447 e. The first kappa shape index (κ1) is 11.6. The molecule has 94 valence electrons. The second kappa shape index (κ2) is 4.65. The zero-order chi connectivity index (χ0) is 12.5. The van der Waals surface area contributed by atoms with Crippen molar-refractivity contribution in [2.75, 3.05) is 23.8 Å². The number of thioether (sulfide) groups is 1. The summed E-state index contributed by atoms with van der Waals surface area (Å²) in [5.41, 5.74) is 2.66. The zero-order valence-corrected chi connectivity index (χ0v) is 10.7. The lowest BCUT2D eigenvalue weighted by atomic mass is 10.0. The van der Waals surface area contributed by atoms with Gasteiger partial charge in [0.15, 0.2) is 5.78 Å². The van der Waals surface area contributed by atoms with Crippen LogP contribution in [0.4, 0.5) is 10.5 Å². The number of carbonyl (C=O) groups is 2. The molecule has 0 atom stereocenters. The first-order valence-electron chi connectivity index (χ1n) is 5.94. The summed E-state index contributed by atoms with van der Waals surface area (Å²) in [6.07, 6.45) is 0.297. The number of benzene rings is 1. The Morgan fingerprint density at radius 1 is 1.28 bits per heavy atom. The van der Waals surface area contributed by atoms with E-state index in [1.165, 1.54) is 0 Å². The molecule has 1 saturated heterocycles. The Bertz CT molecular complexity index is 515. The van der Waals surface area contributed by atoms with E-state index in [2.05, 4.69) is 0 Å². The fraction of sp³-hybridized carbons (Fsp3) is 0.385. The first-order chi connectivity index (χ1) is 8.75. The summed E-state index contributed by atoms with van der Waals surface area (Å²) in [5.74, 6) is 1.90.